The SMILES string of the molecule is CCCN1CCC[C@H]2Cc3[nH]ncc3C[C@@H]21.Cl.Cl. The van der Waals surface area contributed by atoms with Crippen molar-refractivity contribution >= 4 is 24.8 Å². The Labute approximate surface area is 122 Å². The zero-order valence-corrected chi connectivity index (χ0v) is 12.5. The van der Waals surface area contributed by atoms with Crippen molar-refractivity contribution in [2.24, 2.45) is 5.92 Å². The Hall–Kier alpha value is -0.250. The Morgan fingerprint density at radius 1 is 1.39 bits per heavy atom. The van der Waals surface area contributed by atoms with Crippen LogP contribution in [0.1, 0.15) is 37.4 Å². The second-order valence-electron chi connectivity index (χ2n) is 5.29. The van der Waals surface area contributed by atoms with Gasteiger partial charge >= 0.3 is 0 Å². The van der Waals surface area contributed by atoms with Gasteiger partial charge in [-0.25, -0.2) is 0 Å². The molecular weight excluding hydrogens is 269 g/mol. The number of halogens is 2. The molecule has 5 heteroatoms. The summed E-state index contributed by atoms with van der Waals surface area (Å²) in [4.78, 5) is 2.71. The fraction of sp³-hybridized carbons (Fsp3) is 0.769. The lowest BCUT2D eigenvalue weighted by molar-refractivity contribution is 0.0850. The maximum Gasteiger partial charge on any atom is 0.0522 e. The highest BCUT2D eigenvalue weighted by Gasteiger charge is 2.35. The number of rotatable bonds is 2. The third-order valence-electron chi connectivity index (χ3n) is 4.25. The molecule has 0 saturated carbocycles. The molecule has 0 aromatic carbocycles. The van der Waals surface area contributed by atoms with Crippen LogP contribution < -0.4 is 0 Å². The summed E-state index contributed by atoms with van der Waals surface area (Å²) in [5, 5.41) is 7.36. The van der Waals surface area contributed by atoms with Crippen molar-refractivity contribution in [2.75, 3.05) is 13.1 Å². The van der Waals surface area contributed by atoms with Crippen LogP contribution in [0.25, 0.3) is 0 Å². The van der Waals surface area contributed by atoms with Crippen molar-refractivity contribution in [3.05, 3.63) is 17.5 Å². The van der Waals surface area contributed by atoms with Crippen molar-refractivity contribution in [1.82, 2.24) is 15.1 Å². The topological polar surface area (TPSA) is 31.9 Å². The highest BCUT2D eigenvalue weighted by Crippen LogP contribution is 2.34. The molecule has 1 aliphatic carbocycles. The number of piperidine rings is 1. The number of likely N-dealkylation sites (tertiary alicyclic amines) is 1. The lowest BCUT2D eigenvalue weighted by Crippen LogP contribution is -2.49. The number of aromatic nitrogens is 2. The summed E-state index contributed by atoms with van der Waals surface area (Å²) >= 11 is 0. The molecular formula is C13H23Cl2N3. The summed E-state index contributed by atoms with van der Waals surface area (Å²) in [6, 6.07) is 0.791. The van der Waals surface area contributed by atoms with Crippen LogP contribution in [-0.2, 0) is 12.8 Å². The molecule has 3 rings (SSSR count). The highest BCUT2D eigenvalue weighted by molar-refractivity contribution is 5.85. The predicted molar refractivity (Wildman–Crippen MR) is 78.9 cm³/mol. The van der Waals surface area contributed by atoms with Crippen molar-refractivity contribution in [3.8, 4) is 0 Å². The molecule has 0 spiro atoms. The van der Waals surface area contributed by atoms with Crippen molar-refractivity contribution in [3.63, 3.8) is 0 Å². The molecule has 1 aromatic rings. The third kappa shape index (κ3) is 2.84. The molecule has 3 nitrogen and oxygen atoms in total. The monoisotopic (exact) mass is 291 g/mol. The van der Waals surface area contributed by atoms with Gasteiger partial charge in [0.15, 0.2) is 0 Å². The van der Waals surface area contributed by atoms with E-state index in [2.05, 4.69) is 22.0 Å². The zero-order chi connectivity index (χ0) is 11.0. The van der Waals surface area contributed by atoms with E-state index in [1.54, 1.807) is 0 Å². The Morgan fingerprint density at radius 2 is 2.22 bits per heavy atom. The Kier molecular flexibility index (Phi) is 5.96. The quantitative estimate of drug-likeness (QED) is 0.909. The first kappa shape index (κ1) is 15.8. The largest absolute Gasteiger partial charge is 0.300 e. The van der Waals surface area contributed by atoms with Gasteiger partial charge in [-0.2, -0.15) is 5.10 Å². The van der Waals surface area contributed by atoms with Gasteiger partial charge in [-0.1, -0.05) is 6.92 Å². The molecule has 1 fully saturated rings. The number of nitrogens with zero attached hydrogens (tertiary/aromatic N) is 2. The molecule has 2 heterocycles. The van der Waals surface area contributed by atoms with Crippen LogP contribution >= 0.6 is 24.8 Å². The summed E-state index contributed by atoms with van der Waals surface area (Å²) in [7, 11) is 0. The summed E-state index contributed by atoms with van der Waals surface area (Å²) in [6.45, 7) is 4.87. The molecule has 0 unspecified atom stereocenters. The van der Waals surface area contributed by atoms with Crippen LogP contribution in [-0.4, -0.2) is 34.2 Å². The smallest absolute Gasteiger partial charge is 0.0522 e. The van der Waals surface area contributed by atoms with Gasteiger partial charge in [-0.05, 0) is 56.7 Å². The van der Waals surface area contributed by atoms with Crippen LogP contribution in [0.4, 0.5) is 0 Å². The van der Waals surface area contributed by atoms with Gasteiger partial charge in [-0.15, -0.1) is 24.8 Å². The minimum Gasteiger partial charge on any atom is -0.300 e. The van der Waals surface area contributed by atoms with Gasteiger partial charge in [0.05, 0.1) is 6.20 Å². The minimum absolute atomic E-state index is 0. The molecule has 1 saturated heterocycles. The average molecular weight is 292 g/mol. The molecule has 0 amide bonds. The van der Waals surface area contributed by atoms with E-state index in [-0.39, 0.29) is 24.8 Å². The molecule has 2 atom stereocenters. The molecule has 0 radical (unpaired) electrons. The molecule has 18 heavy (non-hydrogen) atoms. The van der Waals surface area contributed by atoms with Gasteiger partial charge in [0.2, 0.25) is 0 Å². The summed E-state index contributed by atoms with van der Waals surface area (Å²) in [6.07, 6.45) is 8.54. The second kappa shape index (κ2) is 6.78. The average Bonchev–Trinajstić information content (AvgIpc) is 2.74. The first-order valence-corrected chi connectivity index (χ1v) is 6.63. The van der Waals surface area contributed by atoms with Crippen LogP contribution in [0.5, 0.6) is 0 Å². The van der Waals surface area contributed by atoms with Crippen LogP contribution in [0.15, 0.2) is 6.20 Å². The Bertz CT molecular complexity index is 365. The first-order chi connectivity index (χ1) is 7.88. The number of hydrogen-bond donors (Lipinski definition) is 1. The normalized spacial score (nSPS) is 26.5. The highest BCUT2D eigenvalue weighted by atomic mass is 35.5. The van der Waals surface area contributed by atoms with Gasteiger partial charge in [0, 0.05) is 11.7 Å². The van der Waals surface area contributed by atoms with Gasteiger partial charge in [-0.3, -0.25) is 10.00 Å². The number of aromatic amines is 1. The maximum atomic E-state index is 4.19. The lowest BCUT2D eigenvalue weighted by Gasteiger charge is -2.43. The molecule has 104 valence electrons. The first-order valence-electron chi connectivity index (χ1n) is 6.63. The van der Waals surface area contributed by atoms with Crippen molar-refractivity contribution < 1.29 is 0 Å². The summed E-state index contributed by atoms with van der Waals surface area (Å²) in [5.74, 6) is 0.869. The molecule has 0 bridgehead atoms. The van der Waals surface area contributed by atoms with Gasteiger partial charge < -0.3 is 0 Å². The van der Waals surface area contributed by atoms with E-state index in [1.165, 1.54) is 56.5 Å². The number of hydrogen-bond acceptors (Lipinski definition) is 2. The summed E-state index contributed by atoms with van der Waals surface area (Å²) in [5.41, 5.74) is 2.86. The minimum atomic E-state index is 0. The zero-order valence-electron chi connectivity index (χ0n) is 10.9. The van der Waals surface area contributed by atoms with Crippen LogP contribution in [0.2, 0.25) is 0 Å². The van der Waals surface area contributed by atoms with Crippen molar-refractivity contribution in [2.45, 2.75) is 45.1 Å². The van der Waals surface area contributed by atoms with E-state index in [1.807, 2.05) is 6.20 Å². The number of H-pyrrole nitrogens is 1. The predicted octanol–water partition coefficient (Wildman–Crippen LogP) is 2.84. The second-order valence-corrected chi connectivity index (χ2v) is 5.29. The standard InChI is InChI=1S/C13H21N3.2ClH/c1-2-5-16-6-3-4-10-7-12-11(8-13(10)16)9-14-15-12;;/h9-10,13H,2-8H2,1H3,(H,14,15);2*1H/t10-,13-;;/m0../s1. The summed E-state index contributed by atoms with van der Waals surface area (Å²) < 4.78 is 0. The van der Waals surface area contributed by atoms with E-state index in [0.29, 0.717) is 0 Å². The molecule has 1 aliphatic heterocycles. The number of fused-ring (bicyclic) bond motifs is 2. The van der Waals surface area contributed by atoms with Gasteiger partial charge in [0.25, 0.3) is 0 Å². The number of nitrogens with one attached hydrogen (secondary N) is 1. The van der Waals surface area contributed by atoms with Crippen molar-refractivity contribution in [1.29, 1.82) is 0 Å². The molecule has 1 aromatic heterocycles. The van der Waals surface area contributed by atoms with Gasteiger partial charge in [0.1, 0.15) is 0 Å². The van der Waals surface area contributed by atoms with E-state index >= 15 is 0 Å². The molecule has 2 aliphatic rings. The van der Waals surface area contributed by atoms with Crippen LogP contribution in [0.3, 0.4) is 0 Å². The van der Waals surface area contributed by atoms with E-state index in [9.17, 15) is 0 Å². The lowest BCUT2D eigenvalue weighted by atomic mass is 9.77. The van der Waals surface area contributed by atoms with E-state index < -0.39 is 0 Å². The van der Waals surface area contributed by atoms with Crippen LogP contribution in [0, 0.1) is 5.92 Å². The molecule has 1 N–H and O–H groups in total. The fourth-order valence-electron chi connectivity index (χ4n) is 3.49. The fourth-order valence-corrected chi connectivity index (χ4v) is 3.49. The third-order valence-corrected chi connectivity index (χ3v) is 4.25. The maximum absolute atomic E-state index is 4.19. The Balaban J connectivity index is 0.000000810. The van der Waals surface area contributed by atoms with E-state index in [4.69, 9.17) is 0 Å². The van der Waals surface area contributed by atoms with E-state index in [0.717, 1.165) is 12.0 Å². The Morgan fingerprint density at radius 3 is 3.00 bits per heavy atom.